The lowest BCUT2D eigenvalue weighted by atomic mass is 10.0. The third kappa shape index (κ3) is 2.97. The van der Waals surface area contributed by atoms with Crippen LogP contribution in [-0.4, -0.2) is 42.3 Å². The summed E-state index contributed by atoms with van der Waals surface area (Å²) in [5.41, 5.74) is 1.19. The molecule has 106 valence electrons. The lowest BCUT2D eigenvalue weighted by Gasteiger charge is -2.37. The summed E-state index contributed by atoms with van der Waals surface area (Å²) in [4.78, 5) is 11.2. The van der Waals surface area contributed by atoms with Crippen molar-refractivity contribution in [2.75, 3.05) is 30.4 Å². The Labute approximate surface area is 115 Å². The number of ether oxygens (including phenoxy) is 1. The van der Waals surface area contributed by atoms with Crippen LogP contribution in [0.15, 0.2) is 6.33 Å². The molecule has 0 bridgehead atoms. The molecule has 1 saturated heterocycles. The van der Waals surface area contributed by atoms with Crippen LogP contribution < -0.4 is 10.2 Å². The topological polar surface area (TPSA) is 50.3 Å². The van der Waals surface area contributed by atoms with E-state index in [-0.39, 0.29) is 12.2 Å². The predicted octanol–water partition coefficient (Wildman–Crippen LogP) is 2.26. The number of nitrogens with zero attached hydrogens (tertiary/aromatic N) is 3. The fourth-order valence-corrected chi connectivity index (χ4v) is 2.72. The monoisotopic (exact) mass is 264 g/mol. The summed E-state index contributed by atoms with van der Waals surface area (Å²) in [5.74, 6) is 2.34. The minimum absolute atomic E-state index is 0.233. The van der Waals surface area contributed by atoms with E-state index in [2.05, 4.69) is 47.9 Å². The quantitative estimate of drug-likeness (QED) is 0.907. The van der Waals surface area contributed by atoms with Gasteiger partial charge in [-0.15, -0.1) is 0 Å². The van der Waals surface area contributed by atoms with Gasteiger partial charge in [0.2, 0.25) is 0 Å². The molecule has 0 amide bonds. The molecular formula is C14H24N4O. The number of hydrogen-bond acceptors (Lipinski definition) is 5. The maximum absolute atomic E-state index is 5.79. The predicted molar refractivity (Wildman–Crippen MR) is 77.9 cm³/mol. The Balaban J connectivity index is 2.38. The molecule has 5 heteroatoms. The Morgan fingerprint density at radius 1 is 1.26 bits per heavy atom. The Bertz CT molecular complexity index is 425. The van der Waals surface area contributed by atoms with E-state index in [4.69, 9.17) is 4.74 Å². The summed E-state index contributed by atoms with van der Waals surface area (Å²) in [7, 11) is 1.91. The fraction of sp³-hybridized carbons (Fsp3) is 0.714. The minimum atomic E-state index is 0.233. The molecule has 5 nitrogen and oxygen atoms in total. The Morgan fingerprint density at radius 3 is 2.42 bits per heavy atom. The Morgan fingerprint density at radius 2 is 1.89 bits per heavy atom. The molecule has 19 heavy (non-hydrogen) atoms. The molecule has 0 aromatic carbocycles. The second-order valence-corrected chi connectivity index (χ2v) is 5.53. The summed E-state index contributed by atoms with van der Waals surface area (Å²) in [6.45, 7) is 10.3. The van der Waals surface area contributed by atoms with Crippen molar-refractivity contribution in [3.63, 3.8) is 0 Å². The van der Waals surface area contributed by atoms with Crippen molar-refractivity contribution >= 4 is 11.6 Å². The summed E-state index contributed by atoms with van der Waals surface area (Å²) < 4.78 is 5.79. The number of rotatable bonds is 3. The highest BCUT2D eigenvalue weighted by Crippen LogP contribution is 2.31. The van der Waals surface area contributed by atoms with E-state index < -0.39 is 0 Å². The second kappa shape index (κ2) is 5.74. The van der Waals surface area contributed by atoms with Crippen molar-refractivity contribution < 1.29 is 4.74 Å². The largest absolute Gasteiger partial charge is 0.373 e. The van der Waals surface area contributed by atoms with Gasteiger partial charge in [0.1, 0.15) is 18.0 Å². The third-order valence-corrected chi connectivity index (χ3v) is 3.40. The van der Waals surface area contributed by atoms with Crippen LogP contribution in [0.5, 0.6) is 0 Å². The molecule has 1 aliphatic rings. The SMILES string of the molecule is CNc1ncnc(N2C[C@@H](C)O[C@@H](C)C2)c1C(C)C. The maximum atomic E-state index is 5.79. The maximum Gasteiger partial charge on any atom is 0.137 e. The van der Waals surface area contributed by atoms with E-state index >= 15 is 0 Å². The van der Waals surface area contributed by atoms with E-state index in [0.717, 1.165) is 24.7 Å². The van der Waals surface area contributed by atoms with Crippen LogP contribution in [0.4, 0.5) is 11.6 Å². The molecule has 1 aromatic rings. The van der Waals surface area contributed by atoms with Crippen LogP contribution in [0.2, 0.25) is 0 Å². The normalized spacial score (nSPS) is 23.8. The minimum Gasteiger partial charge on any atom is -0.373 e. The first-order valence-electron chi connectivity index (χ1n) is 6.96. The van der Waals surface area contributed by atoms with Gasteiger partial charge >= 0.3 is 0 Å². The van der Waals surface area contributed by atoms with Gasteiger partial charge in [0.05, 0.1) is 12.2 Å². The van der Waals surface area contributed by atoms with Crippen molar-refractivity contribution in [1.82, 2.24) is 9.97 Å². The van der Waals surface area contributed by atoms with E-state index in [1.165, 1.54) is 5.56 Å². The number of anilines is 2. The van der Waals surface area contributed by atoms with Gasteiger partial charge in [-0.25, -0.2) is 9.97 Å². The van der Waals surface area contributed by atoms with Crippen molar-refractivity contribution in [2.24, 2.45) is 0 Å². The zero-order chi connectivity index (χ0) is 14.0. The van der Waals surface area contributed by atoms with E-state index in [1.54, 1.807) is 6.33 Å². The molecule has 2 heterocycles. The highest BCUT2D eigenvalue weighted by molar-refractivity contribution is 5.60. The smallest absolute Gasteiger partial charge is 0.137 e. The zero-order valence-electron chi connectivity index (χ0n) is 12.5. The highest BCUT2D eigenvalue weighted by atomic mass is 16.5. The van der Waals surface area contributed by atoms with Gasteiger partial charge in [-0.1, -0.05) is 13.8 Å². The molecule has 1 aromatic heterocycles. The summed E-state index contributed by atoms with van der Waals surface area (Å²) in [6, 6.07) is 0. The number of nitrogens with one attached hydrogen (secondary N) is 1. The van der Waals surface area contributed by atoms with Crippen LogP contribution in [0, 0.1) is 0 Å². The van der Waals surface area contributed by atoms with Crippen molar-refractivity contribution in [3.05, 3.63) is 11.9 Å². The van der Waals surface area contributed by atoms with Gasteiger partial charge in [-0.3, -0.25) is 0 Å². The first-order valence-corrected chi connectivity index (χ1v) is 6.96. The number of aromatic nitrogens is 2. The second-order valence-electron chi connectivity index (χ2n) is 5.53. The van der Waals surface area contributed by atoms with Gasteiger partial charge in [0, 0.05) is 25.7 Å². The molecule has 0 unspecified atom stereocenters. The molecule has 0 aliphatic carbocycles. The van der Waals surface area contributed by atoms with Gasteiger partial charge < -0.3 is 15.0 Å². The molecule has 0 radical (unpaired) electrons. The van der Waals surface area contributed by atoms with Gasteiger partial charge in [-0.2, -0.15) is 0 Å². The van der Waals surface area contributed by atoms with Crippen LogP contribution in [0.3, 0.4) is 0 Å². The lowest BCUT2D eigenvalue weighted by molar-refractivity contribution is -0.00552. The van der Waals surface area contributed by atoms with Crippen LogP contribution in [0.1, 0.15) is 39.2 Å². The van der Waals surface area contributed by atoms with Gasteiger partial charge in [-0.05, 0) is 19.8 Å². The Kier molecular flexibility index (Phi) is 4.24. The Hall–Kier alpha value is -1.36. The molecular weight excluding hydrogens is 240 g/mol. The van der Waals surface area contributed by atoms with E-state index in [9.17, 15) is 0 Å². The van der Waals surface area contributed by atoms with Crippen molar-refractivity contribution in [2.45, 2.75) is 45.8 Å². The first kappa shape index (κ1) is 14.1. The van der Waals surface area contributed by atoms with Crippen LogP contribution in [0.25, 0.3) is 0 Å². The fourth-order valence-electron chi connectivity index (χ4n) is 2.72. The van der Waals surface area contributed by atoms with Crippen molar-refractivity contribution in [1.29, 1.82) is 0 Å². The van der Waals surface area contributed by atoms with Gasteiger partial charge in [0.15, 0.2) is 0 Å². The number of morpholine rings is 1. The highest BCUT2D eigenvalue weighted by Gasteiger charge is 2.26. The molecule has 1 aliphatic heterocycles. The average molecular weight is 264 g/mol. The van der Waals surface area contributed by atoms with E-state index in [1.807, 2.05) is 7.05 Å². The van der Waals surface area contributed by atoms with Crippen LogP contribution in [-0.2, 0) is 4.74 Å². The van der Waals surface area contributed by atoms with Crippen molar-refractivity contribution in [3.8, 4) is 0 Å². The average Bonchev–Trinajstić information content (AvgIpc) is 2.36. The third-order valence-electron chi connectivity index (χ3n) is 3.40. The molecule has 2 rings (SSSR count). The standard InChI is InChI=1S/C14H24N4O/c1-9(2)12-13(15-5)16-8-17-14(12)18-6-10(3)19-11(4)7-18/h8-11H,6-7H2,1-5H3,(H,15,16,17)/t10-,11+. The van der Waals surface area contributed by atoms with Gasteiger partial charge in [0.25, 0.3) is 0 Å². The molecule has 2 atom stereocenters. The molecule has 0 spiro atoms. The zero-order valence-corrected chi connectivity index (χ0v) is 12.5. The number of hydrogen-bond donors (Lipinski definition) is 1. The first-order chi connectivity index (χ1) is 9.02. The molecule has 0 saturated carbocycles. The van der Waals surface area contributed by atoms with E-state index in [0.29, 0.717) is 5.92 Å². The molecule has 1 N–H and O–H groups in total. The molecule has 1 fully saturated rings. The lowest BCUT2D eigenvalue weighted by Crippen LogP contribution is -2.46. The summed E-state index contributed by atoms with van der Waals surface area (Å²) in [5, 5.41) is 3.17. The van der Waals surface area contributed by atoms with Crippen LogP contribution >= 0.6 is 0 Å². The summed E-state index contributed by atoms with van der Waals surface area (Å²) >= 11 is 0. The summed E-state index contributed by atoms with van der Waals surface area (Å²) in [6.07, 6.45) is 2.10.